The van der Waals surface area contributed by atoms with Gasteiger partial charge < -0.3 is 15.2 Å². The van der Waals surface area contributed by atoms with Crippen molar-refractivity contribution in [1.82, 2.24) is 4.98 Å². The average Bonchev–Trinajstić information content (AvgIpc) is 2.75. The molecule has 0 saturated heterocycles. The number of pyridine rings is 1. The molecule has 154 valence electrons. The SMILES string of the molecule is CN=Cc1cc(-c2cc(NSc3cc(Cl)cnc3OC)ccc2F)ccc1N=CN. The van der Waals surface area contributed by atoms with E-state index in [2.05, 4.69) is 19.7 Å². The first kappa shape index (κ1) is 21.6. The molecule has 0 fully saturated rings. The fourth-order valence-corrected chi connectivity index (χ4v) is 3.71. The maximum absolute atomic E-state index is 14.6. The van der Waals surface area contributed by atoms with Gasteiger partial charge in [-0.15, -0.1) is 0 Å². The molecule has 0 bridgehead atoms. The molecule has 30 heavy (non-hydrogen) atoms. The standard InChI is InChI=1S/C21H19ClFN5OS/c1-25-10-14-7-13(3-6-19(14)27-12-24)17-9-16(4-5-18(17)23)28-30-20-8-15(22)11-26-21(20)29-2/h3-12,28H,1-2H3,(H2,24,27). The number of aliphatic imine (C=N–C) groups is 2. The normalized spacial score (nSPS) is 11.3. The summed E-state index contributed by atoms with van der Waals surface area (Å²) in [6.07, 6.45) is 4.37. The van der Waals surface area contributed by atoms with Gasteiger partial charge in [0, 0.05) is 36.3 Å². The van der Waals surface area contributed by atoms with E-state index in [1.807, 2.05) is 6.07 Å². The van der Waals surface area contributed by atoms with Crippen molar-refractivity contribution in [1.29, 1.82) is 0 Å². The Bertz CT molecular complexity index is 1110. The lowest BCUT2D eigenvalue weighted by Gasteiger charge is -2.12. The molecule has 0 amide bonds. The Balaban J connectivity index is 1.91. The molecule has 6 nitrogen and oxygen atoms in total. The number of methoxy groups -OCH3 is 1. The smallest absolute Gasteiger partial charge is 0.228 e. The van der Waals surface area contributed by atoms with Crippen LogP contribution in [0.3, 0.4) is 0 Å². The van der Waals surface area contributed by atoms with Crippen LogP contribution < -0.4 is 15.2 Å². The van der Waals surface area contributed by atoms with Gasteiger partial charge in [-0.2, -0.15) is 0 Å². The molecule has 3 rings (SSSR count). The molecule has 0 spiro atoms. The molecule has 0 saturated carbocycles. The summed E-state index contributed by atoms with van der Waals surface area (Å²) in [4.78, 5) is 13.0. The van der Waals surface area contributed by atoms with Gasteiger partial charge in [0.25, 0.3) is 0 Å². The third-order valence-corrected chi connectivity index (χ3v) is 5.10. The topological polar surface area (TPSA) is 84.9 Å². The van der Waals surface area contributed by atoms with Crippen LogP contribution in [0.5, 0.6) is 5.88 Å². The van der Waals surface area contributed by atoms with Gasteiger partial charge in [-0.3, -0.25) is 4.99 Å². The maximum Gasteiger partial charge on any atom is 0.228 e. The largest absolute Gasteiger partial charge is 0.480 e. The summed E-state index contributed by atoms with van der Waals surface area (Å²) in [5.74, 6) is 0.0980. The van der Waals surface area contributed by atoms with Crippen LogP contribution in [-0.2, 0) is 0 Å². The lowest BCUT2D eigenvalue weighted by atomic mass is 10.0. The van der Waals surface area contributed by atoms with Gasteiger partial charge in [0.1, 0.15) is 5.82 Å². The summed E-state index contributed by atoms with van der Waals surface area (Å²) >= 11 is 7.29. The Morgan fingerprint density at radius 2 is 2.07 bits per heavy atom. The van der Waals surface area contributed by atoms with E-state index in [1.54, 1.807) is 43.6 Å². The van der Waals surface area contributed by atoms with Gasteiger partial charge in [0.2, 0.25) is 5.88 Å². The zero-order chi connectivity index (χ0) is 21.5. The molecule has 2 aromatic carbocycles. The van der Waals surface area contributed by atoms with Crippen molar-refractivity contribution in [2.45, 2.75) is 4.90 Å². The number of hydrogen-bond acceptors (Lipinski definition) is 6. The van der Waals surface area contributed by atoms with Crippen molar-refractivity contribution in [3.05, 3.63) is 65.1 Å². The van der Waals surface area contributed by atoms with Gasteiger partial charge in [0.15, 0.2) is 0 Å². The van der Waals surface area contributed by atoms with Gasteiger partial charge >= 0.3 is 0 Å². The van der Waals surface area contributed by atoms with Gasteiger partial charge in [0.05, 0.1) is 29.1 Å². The molecule has 3 aromatic rings. The van der Waals surface area contributed by atoms with Crippen LogP contribution in [0.25, 0.3) is 11.1 Å². The minimum Gasteiger partial charge on any atom is -0.480 e. The number of nitrogens with one attached hydrogen (secondary N) is 1. The Kier molecular flexibility index (Phi) is 7.26. The third-order valence-electron chi connectivity index (χ3n) is 4.04. The molecule has 1 aromatic heterocycles. The Morgan fingerprint density at radius 1 is 1.23 bits per heavy atom. The predicted octanol–water partition coefficient (Wildman–Crippen LogP) is 5.34. The molecule has 0 aliphatic carbocycles. The van der Waals surface area contributed by atoms with Crippen LogP contribution in [0.1, 0.15) is 5.56 Å². The van der Waals surface area contributed by atoms with Crippen LogP contribution >= 0.6 is 23.5 Å². The minimum atomic E-state index is -0.345. The van der Waals surface area contributed by atoms with E-state index >= 15 is 0 Å². The molecule has 0 radical (unpaired) electrons. The molecule has 0 atom stereocenters. The monoisotopic (exact) mass is 443 g/mol. The van der Waals surface area contributed by atoms with Crippen LogP contribution in [0.15, 0.2) is 63.5 Å². The second-order valence-electron chi connectivity index (χ2n) is 6.00. The number of nitrogens with two attached hydrogens (primary N) is 1. The minimum absolute atomic E-state index is 0.345. The molecular weight excluding hydrogens is 425 g/mol. The van der Waals surface area contributed by atoms with E-state index in [0.29, 0.717) is 38.3 Å². The van der Waals surface area contributed by atoms with Crippen molar-refractivity contribution in [2.24, 2.45) is 15.7 Å². The zero-order valence-corrected chi connectivity index (χ0v) is 17.8. The van der Waals surface area contributed by atoms with E-state index in [9.17, 15) is 4.39 Å². The van der Waals surface area contributed by atoms with Crippen molar-refractivity contribution >= 4 is 47.5 Å². The molecule has 0 aliphatic rings. The summed E-state index contributed by atoms with van der Waals surface area (Å²) in [6.45, 7) is 0. The fourth-order valence-electron chi connectivity index (χ4n) is 2.72. The van der Waals surface area contributed by atoms with Gasteiger partial charge in [-0.1, -0.05) is 17.7 Å². The van der Waals surface area contributed by atoms with E-state index < -0.39 is 0 Å². The molecule has 0 aliphatic heterocycles. The maximum atomic E-state index is 14.6. The highest BCUT2D eigenvalue weighted by atomic mass is 35.5. The van der Waals surface area contributed by atoms with Crippen molar-refractivity contribution < 1.29 is 9.13 Å². The molecule has 9 heteroatoms. The summed E-state index contributed by atoms with van der Waals surface area (Å²) in [6, 6.07) is 11.9. The Hall–Kier alpha value is -3.10. The lowest BCUT2D eigenvalue weighted by molar-refractivity contribution is 0.387. The van der Waals surface area contributed by atoms with Crippen LogP contribution in [0.4, 0.5) is 15.8 Å². The summed E-state index contributed by atoms with van der Waals surface area (Å²) in [5.41, 5.74) is 8.61. The first-order valence-electron chi connectivity index (χ1n) is 8.78. The first-order chi connectivity index (χ1) is 14.5. The number of hydrogen-bond donors (Lipinski definition) is 2. The van der Waals surface area contributed by atoms with Gasteiger partial charge in [-0.05, 0) is 53.9 Å². The Labute approximate surface area is 183 Å². The van der Waals surface area contributed by atoms with Gasteiger partial charge in [-0.25, -0.2) is 14.4 Å². The number of nitrogens with zero attached hydrogens (tertiary/aromatic N) is 3. The molecule has 3 N–H and O–H groups in total. The highest BCUT2D eigenvalue weighted by Gasteiger charge is 2.11. The molecule has 1 heterocycles. The summed E-state index contributed by atoms with van der Waals surface area (Å²) < 4.78 is 23.0. The molecule has 0 unspecified atom stereocenters. The summed E-state index contributed by atoms with van der Waals surface area (Å²) in [7, 11) is 3.19. The van der Waals surface area contributed by atoms with E-state index in [-0.39, 0.29) is 5.82 Å². The summed E-state index contributed by atoms with van der Waals surface area (Å²) in [5, 5.41) is 0.491. The van der Waals surface area contributed by atoms with Crippen LogP contribution in [0.2, 0.25) is 5.02 Å². The number of ether oxygens (including phenoxy) is 1. The Morgan fingerprint density at radius 3 is 2.80 bits per heavy atom. The van der Waals surface area contributed by atoms with Crippen LogP contribution in [-0.4, -0.2) is 31.7 Å². The van der Waals surface area contributed by atoms with Crippen LogP contribution in [0, 0.1) is 5.82 Å². The third kappa shape index (κ3) is 5.08. The van der Waals surface area contributed by atoms with E-state index in [1.165, 1.54) is 37.7 Å². The first-order valence-corrected chi connectivity index (χ1v) is 9.98. The number of aromatic nitrogens is 1. The number of anilines is 1. The number of benzene rings is 2. The van der Waals surface area contributed by atoms with E-state index in [4.69, 9.17) is 22.1 Å². The van der Waals surface area contributed by atoms with Crippen molar-refractivity contribution in [3.8, 4) is 17.0 Å². The van der Waals surface area contributed by atoms with E-state index in [0.717, 1.165) is 5.56 Å². The highest BCUT2D eigenvalue weighted by Crippen LogP contribution is 2.33. The number of rotatable bonds is 7. The van der Waals surface area contributed by atoms with Crippen molar-refractivity contribution in [2.75, 3.05) is 18.9 Å². The number of halogens is 2. The lowest BCUT2D eigenvalue weighted by Crippen LogP contribution is -1.95. The molecular formula is C21H19ClFN5OS. The second-order valence-corrected chi connectivity index (χ2v) is 7.28. The highest BCUT2D eigenvalue weighted by molar-refractivity contribution is 8.00. The van der Waals surface area contributed by atoms with Crippen molar-refractivity contribution in [3.63, 3.8) is 0 Å². The predicted molar refractivity (Wildman–Crippen MR) is 123 cm³/mol. The quantitative estimate of drug-likeness (QED) is 0.292. The second kappa shape index (κ2) is 10.1. The zero-order valence-electron chi connectivity index (χ0n) is 16.3. The average molecular weight is 444 g/mol. The fraction of sp³-hybridized carbons (Fsp3) is 0.0952.